The Morgan fingerprint density at radius 1 is 1.52 bits per heavy atom. The van der Waals surface area contributed by atoms with E-state index < -0.39 is 12.0 Å². The molecule has 0 aliphatic carbocycles. The fraction of sp³-hybridized carbons (Fsp3) is 0.643. The average Bonchev–Trinajstić information content (AvgIpc) is 2.83. The van der Waals surface area contributed by atoms with Gasteiger partial charge in [-0.25, -0.2) is 14.6 Å². The average molecular weight is 294 g/mol. The van der Waals surface area contributed by atoms with E-state index >= 15 is 0 Å². The molecule has 1 aliphatic rings. The third kappa shape index (κ3) is 3.53. The number of aromatic nitrogens is 2. The number of imidazole rings is 1. The highest BCUT2D eigenvalue weighted by molar-refractivity contribution is 5.83. The zero-order chi connectivity index (χ0) is 15.4. The molecule has 7 nitrogen and oxygen atoms in total. The highest BCUT2D eigenvalue weighted by Gasteiger charge is 2.36. The van der Waals surface area contributed by atoms with Gasteiger partial charge in [-0.05, 0) is 18.8 Å². The molecular weight excluding hydrogens is 272 g/mol. The number of aliphatic carboxylic acids is 1. The molecule has 0 saturated carbocycles. The molecule has 1 fully saturated rings. The third-order valence-corrected chi connectivity index (χ3v) is 3.99. The smallest absolute Gasteiger partial charge is 0.326 e. The summed E-state index contributed by atoms with van der Waals surface area (Å²) < 4.78 is 1.90. The van der Waals surface area contributed by atoms with E-state index in [9.17, 15) is 14.7 Å². The summed E-state index contributed by atoms with van der Waals surface area (Å²) in [7, 11) is 1.90. The van der Waals surface area contributed by atoms with Crippen LogP contribution in [0, 0.1) is 5.92 Å². The second-order valence-corrected chi connectivity index (χ2v) is 5.53. The summed E-state index contributed by atoms with van der Waals surface area (Å²) in [4.78, 5) is 29.2. The molecule has 0 bridgehead atoms. The highest BCUT2D eigenvalue weighted by Crippen LogP contribution is 2.23. The molecule has 2 N–H and O–H groups in total. The molecule has 2 heterocycles. The van der Waals surface area contributed by atoms with Crippen LogP contribution in [0.4, 0.5) is 4.79 Å². The minimum Gasteiger partial charge on any atom is -0.480 e. The van der Waals surface area contributed by atoms with Gasteiger partial charge in [0.1, 0.15) is 11.9 Å². The molecular formula is C14H22N4O3. The van der Waals surface area contributed by atoms with E-state index in [4.69, 9.17) is 0 Å². The topological polar surface area (TPSA) is 87.5 Å². The number of nitrogens with one attached hydrogen (secondary N) is 1. The van der Waals surface area contributed by atoms with Gasteiger partial charge >= 0.3 is 12.0 Å². The first-order chi connectivity index (χ1) is 10.0. The van der Waals surface area contributed by atoms with Crippen LogP contribution >= 0.6 is 0 Å². The molecule has 7 heteroatoms. The first kappa shape index (κ1) is 15.3. The van der Waals surface area contributed by atoms with Crippen molar-refractivity contribution in [2.24, 2.45) is 13.0 Å². The van der Waals surface area contributed by atoms with Crippen LogP contribution < -0.4 is 5.32 Å². The minimum absolute atomic E-state index is 0.0171. The lowest BCUT2D eigenvalue weighted by Crippen LogP contribution is -2.55. The number of urea groups is 1. The summed E-state index contributed by atoms with van der Waals surface area (Å²) in [5.74, 6) is -0.0601. The van der Waals surface area contributed by atoms with Crippen LogP contribution in [0.25, 0.3) is 0 Å². The Morgan fingerprint density at radius 3 is 2.90 bits per heavy atom. The SMILES string of the molecule is CC1CCCN(C(=O)NCCc2nccn2C)C1C(=O)O. The van der Waals surface area contributed by atoms with Gasteiger partial charge in [0, 0.05) is 39.0 Å². The summed E-state index contributed by atoms with van der Waals surface area (Å²) in [6.07, 6.45) is 5.87. The van der Waals surface area contributed by atoms with Gasteiger partial charge in [-0.1, -0.05) is 6.92 Å². The number of rotatable bonds is 4. The van der Waals surface area contributed by atoms with Crippen LogP contribution in [0.1, 0.15) is 25.6 Å². The lowest BCUT2D eigenvalue weighted by molar-refractivity contribution is -0.145. The van der Waals surface area contributed by atoms with Crippen molar-refractivity contribution in [1.82, 2.24) is 19.8 Å². The summed E-state index contributed by atoms with van der Waals surface area (Å²) in [5.41, 5.74) is 0. The fourth-order valence-corrected chi connectivity index (χ4v) is 2.81. The Kier molecular flexibility index (Phi) is 4.82. The van der Waals surface area contributed by atoms with Gasteiger partial charge in [0.2, 0.25) is 0 Å². The van der Waals surface area contributed by atoms with Gasteiger partial charge in [-0.3, -0.25) is 0 Å². The lowest BCUT2D eigenvalue weighted by Gasteiger charge is -2.37. The minimum atomic E-state index is -0.929. The number of likely N-dealkylation sites (tertiary alicyclic amines) is 1. The lowest BCUT2D eigenvalue weighted by atomic mass is 9.91. The van der Waals surface area contributed by atoms with Crippen LogP contribution in [-0.2, 0) is 18.3 Å². The van der Waals surface area contributed by atoms with Crippen molar-refractivity contribution in [3.05, 3.63) is 18.2 Å². The molecule has 21 heavy (non-hydrogen) atoms. The Morgan fingerprint density at radius 2 is 2.29 bits per heavy atom. The summed E-state index contributed by atoms with van der Waals surface area (Å²) in [6, 6.07) is -1.03. The first-order valence-corrected chi connectivity index (χ1v) is 7.24. The van der Waals surface area contributed by atoms with Crippen LogP contribution in [0.3, 0.4) is 0 Å². The van der Waals surface area contributed by atoms with E-state index in [1.807, 2.05) is 24.7 Å². The van der Waals surface area contributed by atoms with Crippen molar-refractivity contribution in [2.75, 3.05) is 13.1 Å². The number of carbonyl (C=O) groups is 2. The van der Waals surface area contributed by atoms with Gasteiger partial charge in [-0.2, -0.15) is 0 Å². The molecule has 1 aromatic heterocycles. The normalized spacial score (nSPS) is 22.1. The fourth-order valence-electron chi connectivity index (χ4n) is 2.81. The first-order valence-electron chi connectivity index (χ1n) is 7.24. The Bertz CT molecular complexity index is 514. The van der Waals surface area contributed by atoms with Gasteiger partial charge in [-0.15, -0.1) is 0 Å². The second kappa shape index (κ2) is 6.60. The van der Waals surface area contributed by atoms with E-state index in [1.54, 1.807) is 6.20 Å². The van der Waals surface area contributed by atoms with Gasteiger partial charge in [0.15, 0.2) is 0 Å². The maximum atomic E-state index is 12.2. The van der Waals surface area contributed by atoms with Crippen LogP contribution in [0.2, 0.25) is 0 Å². The maximum absolute atomic E-state index is 12.2. The van der Waals surface area contributed by atoms with Gasteiger partial charge in [0.25, 0.3) is 0 Å². The molecule has 116 valence electrons. The Hall–Kier alpha value is -2.05. The van der Waals surface area contributed by atoms with E-state index in [-0.39, 0.29) is 11.9 Å². The number of carboxylic acids is 1. The molecule has 0 radical (unpaired) electrons. The third-order valence-electron chi connectivity index (χ3n) is 3.99. The van der Waals surface area contributed by atoms with Crippen molar-refractivity contribution in [3.8, 4) is 0 Å². The van der Waals surface area contributed by atoms with Crippen molar-refractivity contribution in [2.45, 2.75) is 32.2 Å². The van der Waals surface area contributed by atoms with Gasteiger partial charge in [0.05, 0.1) is 0 Å². The zero-order valence-corrected chi connectivity index (χ0v) is 12.5. The largest absolute Gasteiger partial charge is 0.480 e. The summed E-state index contributed by atoms with van der Waals surface area (Å²) in [6.45, 7) is 2.82. The summed E-state index contributed by atoms with van der Waals surface area (Å²) >= 11 is 0. The molecule has 1 saturated heterocycles. The number of aryl methyl sites for hydroxylation is 1. The zero-order valence-electron chi connectivity index (χ0n) is 12.5. The van der Waals surface area contributed by atoms with Crippen LogP contribution in [0.5, 0.6) is 0 Å². The molecule has 1 aliphatic heterocycles. The van der Waals surface area contributed by atoms with Crippen LogP contribution in [-0.4, -0.2) is 50.7 Å². The van der Waals surface area contributed by atoms with E-state index in [0.29, 0.717) is 19.5 Å². The number of hydrogen-bond donors (Lipinski definition) is 2. The van der Waals surface area contributed by atoms with Gasteiger partial charge < -0.3 is 19.9 Å². The molecule has 1 aromatic rings. The van der Waals surface area contributed by atoms with E-state index in [1.165, 1.54) is 4.90 Å². The predicted molar refractivity (Wildman–Crippen MR) is 76.8 cm³/mol. The monoisotopic (exact) mass is 294 g/mol. The molecule has 0 spiro atoms. The number of carbonyl (C=O) groups excluding carboxylic acids is 1. The quantitative estimate of drug-likeness (QED) is 0.862. The molecule has 0 aromatic carbocycles. The number of hydrogen-bond acceptors (Lipinski definition) is 3. The van der Waals surface area contributed by atoms with Crippen LogP contribution in [0.15, 0.2) is 12.4 Å². The highest BCUT2D eigenvalue weighted by atomic mass is 16.4. The summed E-state index contributed by atoms with van der Waals surface area (Å²) in [5, 5.41) is 12.1. The van der Waals surface area contributed by atoms with Crippen molar-refractivity contribution >= 4 is 12.0 Å². The number of piperidine rings is 1. The number of nitrogens with zero attached hydrogens (tertiary/aromatic N) is 3. The Balaban J connectivity index is 1.89. The standard InChI is InChI=1S/C14H22N4O3/c1-10-4-3-8-18(12(10)13(19)20)14(21)16-6-5-11-15-7-9-17(11)2/h7,9-10,12H,3-6,8H2,1-2H3,(H,16,21)(H,19,20). The van der Waals surface area contributed by atoms with E-state index in [2.05, 4.69) is 10.3 Å². The van der Waals surface area contributed by atoms with Crippen molar-refractivity contribution in [1.29, 1.82) is 0 Å². The predicted octanol–water partition coefficient (Wildman–Crippen LogP) is 0.857. The maximum Gasteiger partial charge on any atom is 0.326 e. The van der Waals surface area contributed by atoms with Crippen molar-refractivity contribution < 1.29 is 14.7 Å². The number of carboxylic acid groups (broad SMARTS) is 1. The molecule has 2 rings (SSSR count). The Labute approximate surface area is 124 Å². The van der Waals surface area contributed by atoms with Crippen molar-refractivity contribution in [3.63, 3.8) is 0 Å². The molecule has 2 unspecified atom stereocenters. The molecule has 2 amide bonds. The van der Waals surface area contributed by atoms with E-state index in [0.717, 1.165) is 18.7 Å². The number of amides is 2. The second-order valence-electron chi connectivity index (χ2n) is 5.53. The molecule has 2 atom stereocenters.